The predicted octanol–water partition coefficient (Wildman–Crippen LogP) is 1.89. The van der Waals surface area contributed by atoms with Gasteiger partial charge in [0.2, 0.25) is 5.91 Å². The van der Waals surface area contributed by atoms with Crippen LogP contribution in [0.15, 0.2) is 24.3 Å². The third-order valence-corrected chi connectivity index (χ3v) is 4.32. The van der Waals surface area contributed by atoms with Crippen LogP contribution in [0.2, 0.25) is 0 Å². The molecule has 4 N–H and O–H groups in total. The van der Waals surface area contributed by atoms with Gasteiger partial charge in [-0.15, -0.1) is 0 Å². The zero-order chi connectivity index (χ0) is 18.0. The molecule has 1 fully saturated rings. The molecule has 1 unspecified atom stereocenters. The van der Waals surface area contributed by atoms with Gasteiger partial charge in [0, 0.05) is 17.4 Å². The van der Waals surface area contributed by atoms with Gasteiger partial charge in [0.15, 0.2) is 0 Å². The Balaban J connectivity index is 1.73. The minimum atomic E-state index is -0.633. The number of benzene rings is 1. The van der Waals surface area contributed by atoms with E-state index in [0.29, 0.717) is 17.3 Å². The summed E-state index contributed by atoms with van der Waals surface area (Å²) in [5.41, 5.74) is 0.789. The highest BCUT2D eigenvalue weighted by Crippen LogP contribution is 2.19. The van der Waals surface area contributed by atoms with Crippen LogP contribution in [0.1, 0.15) is 37.2 Å². The van der Waals surface area contributed by atoms with Crippen molar-refractivity contribution in [3.8, 4) is 0 Å². The highest BCUT2D eigenvalue weighted by Gasteiger charge is 2.27. The van der Waals surface area contributed by atoms with Crippen LogP contribution in [0.4, 0.5) is 4.39 Å². The number of hydrogen-bond donors (Lipinski definition) is 4. The summed E-state index contributed by atoms with van der Waals surface area (Å²) in [6, 6.07) is 5.47. The van der Waals surface area contributed by atoms with E-state index in [0.717, 1.165) is 13.0 Å². The van der Waals surface area contributed by atoms with Gasteiger partial charge in [-0.05, 0) is 37.0 Å². The third kappa shape index (κ3) is 3.99. The molecule has 2 aromatic rings. The van der Waals surface area contributed by atoms with Crippen molar-refractivity contribution in [2.75, 3.05) is 6.54 Å². The number of aromatic amines is 1. The number of aromatic nitrogens is 1. The van der Waals surface area contributed by atoms with Gasteiger partial charge in [0.1, 0.15) is 17.6 Å². The Labute approximate surface area is 145 Å². The van der Waals surface area contributed by atoms with Crippen molar-refractivity contribution in [2.24, 2.45) is 5.92 Å². The summed E-state index contributed by atoms with van der Waals surface area (Å²) in [5.74, 6) is -0.773. The van der Waals surface area contributed by atoms with Crippen LogP contribution in [0.5, 0.6) is 0 Å². The molecule has 2 amide bonds. The average molecular weight is 346 g/mol. The largest absolute Gasteiger partial charge is 0.350 e. The first-order valence-corrected chi connectivity index (χ1v) is 8.56. The Kier molecular flexibility index (Phi) is 5.03. The van der Waals surface area contributed by atoms with E-state index in [2.05, 4.69) is 20.9 Å². The van der Waals surface area contributed by atoms with Crippen LogP contribution in [0.3, 0.4) is 0 Å². The van der Waals surface area contributed by atoms with Crippen molar-refractivity contribution >= 4 is 22.7 Å². The van der Waals surface area contributed by atoms with Crippen LogP contribution >= 0.6 is 0 Å². The number of amides is 2. The molecule has 25 heavy (non-hydrogen) atoms. The van der Waals surface area contributed by atoms with Crippen molar-refractivity contribution in [1.29, 1.82) is 0 Å². The summed E-state index contributed by atoms with van der Waals surface area (Å²) in [5, 5.41) is 9.10. The molecule has 2 heterocycles. The van der Waals surface area contributed by atoms with Gasteiger partial charge in [0.25, 0.3) is 5.91 Å². The lowest BCUT2D eigenvalue weighted by atomic mass is 10.0. The average Bonchev–Trinajstić information content (AvgIpc) is 2.95. The maximum atomic E-state index is 13.8. The number of nitrogens with one attached hydrogen (secondary N) is 4. The summed E-state index contributed by atoms with van der Waals surface area (Å²) in [6.07, 6.45) is 1.38. The van der Waals surface area contributed by atoms with E-state index in [4.69, 9.17) is 0 Å². The number of halogens is 1. The monoisotopic (exact) mass is 346 g/mol. The summed E-state index contributed by atoms with van der Waals surface area (Å²) >= 11 is 0. The van der Waals surface area contributed by atoms with Crippen LogP contribution in [-0.2, 0) is 4.79 Å². The van der Waals surface area contributed by atoms with Crippen LogP contribution in [0, 0.1) is 11.7 Å². The number of rotatable bonds is 6. The Bertz CT molecular complexity index is 782. The molecule has 1 aromatic carbocycles. The lowest BCUT2D eigenvalue weighted by Gasteiger charge is -2.30. The molecule has 0 radical (unpaired) electrons. The van der Waals surface area contributed by atoms with E-state index in [1.54, 1.807) is 12.1 Å². The van der Waals surface area contributed by atoms with Crippen molar-refractivity contribution in [3.05, 3.63) is 35.8 Å². The van der Waals surface area contributed by atoms with E-state index in [1.807, 2.05) is 13.8 Å². The number of hydrogen-bond acceptors (Lipinski definition) is 3. The number of H-pyrrole nitrogens is 1. The van der Waals surface area contributed by atoms with Crippen LogP contribution in [0.25, 0.3) is 10.9 Å². The Morgan fingerprint density at radius 3 is 2.72 bits per heavy atom. The van der Waals surface area contributed by atoms with Crippen molar-refractivity contribution in [3.63, 3.8) is 0 Å². The molecule has 0 spiro atoms. The molecule has 1 aliphatic rings. The van der Waals surface area contributed by atoms with Gasteiger partial charge in [-0.25, -0.2) is 4.39 Å². The lowest BCUT2D eigenvalue weighted by Crippen LogP contribution is -2.59. The summed E-state index contributed by atoms with van der Waals surface area (Å²) < 4.78 is 13.8. The van der Waals surface area contributed by atoms with Crippen LogP contribution < -0.4 is 16.0 Å². The molecular formula is C18H23FN4O2. The van der Waals surface area contributed by atoms with E-state index < -0.39 is 11.9 Å². The summed E-state index contributed by atoms with van der Waals surface area (Å²) in [7, 11) is 0. The highest BCUT2D eigenvalue weighted by atomic mass is 19.1. The second-order valence-electron chi connectivity index (χ2n) is 6.84. The second kappa shape index (κ2) is 7.23. The van der Waals surface area contributed by atoms with E-state index >= 15 is 0 Å². The first-order chi connectivity index (χ1) is 11.9. The third-order valence-electron chi connectivity index (χ3n) is 4.32. The SMILES string of the molecule is CC(C)C[C@H](NC(=O)c1cc2c(F)cccc2[nH]1)C(=O)NC1CCN1. The molecule has 2 atom stereocenters. The quantitative estimate of drug-likeness (QED) is 0.644. The molecule has 0 bridgehead atoms. The van der Waals surface area contributed by atoms with E-state index in [-0.39, 0.29) is 29.5 Å². The van der Waals surface area contributed by atoms with E-state index in [9.17, 15) is 14.0 Å². The number of carbonyl (C=O) groups excluding carboxylic acids is 2. The number of fused-ring (bicyclic) bond motifs is 1. The van der Waals surface area contributed by atoms with Crippen molar-refractivity contribution < 1.29 is 14.0 Å². The molecular weight excluding hydrogens is 323 g/mol. The molecule has 134 valence electrons. The van der Waals surface area contributed by atoms with E-state index in [1.165, 1.54) is 12.1 Å². The maximum absolute atomic E-state index is 13.8. The molecule has 7 heteroatoms. The molecule has 1 aliphatic heterocycles. The Hall–Kier alpha value is -2.41. The fraction of sp³-hybridized carbons (Fsp3) is 0.444. The highest BCUT2D eigenvalue weighted by molar-refractivity contribution is 6.00. The lowest BCUT2D eigenvalue weighted by molar-refractivity contribution is -0.124. The standard InChI is InChI=1S/C18H23FN4O2/c1-10(2)8-14(18(25)23-16-6-7-20-16)22-17(24)15-9-11-12(19)4-3-5-13(11)21-15/h3-5,9-10,14,16,20-21H,6-8H2,1-2H3,(H,22,24)(H,23,25)/t14-,16?/m0/s1. The summed E-state index contributed by atoms with van der Waals surface area (Å²) in [6.45, 7) is 4.87. The molecule has 3 rings (SSSR count). The van der Waals surface area contributed by atoms with Crippen molar-refractivity contribution in [2.45, 2.75) is 38.9 Å². The Morgan fingerprint density at radius 2 is 2.12 bits per heavy atom. The maximum Gasteiger partial charge on any atom is 0.268 e. The molecule has 1 aromatic heterocycles. The molecule has 1 saturated heterocycles. The topological polar surface area (TPSA) is 86.0 Å². The van der Waals surface area contributed by atoms with Gasteiger partial charge >= 0.3 is 0 Å². The normalized spacial score (nSPS) is 18.0. The molecule has 0 aliphatic carbocycles. The minimum absolute atomic E-state index is 0.0266. The predicted molar refractivity (Wildman–Crippen MR) is 93.5 cm³/mol. The van der Waals surface area contributed by atoms with Gasteiger partial charge in [-0.1, -0.05) is 19.9 Å². The Morgan fingerprint density at radius 1 is 1.36 bits per heavy atom. The van der Waals surface area contributed by atoms with Gasteiger partial charge in [-0.2, -0.15) is 0 Å². The van der Waals surface area contributed by atoms with Gasteiger partial charge < -0.3 is 15.6 Å². The minimum Gasteiger partial charge on any atom is -0.350 e. The smallest absolute Gasteiger partial charge is 0.268 e. The fourth-order valence-electron chi connectivity index (χ4n) is 2.86. The first-order valence-electron chi connectivity index (χ1n) is 8.56. The molecule has 6 nitrogen and oxygen atoms in total. The first kappa shape index (κ1) is 17.4. The van der Waals surface area contributed by atoms with Gasteiger partial charge in [0.05, 0.1) is 6.17 Å². The molecule has 0 saturated carbocycles. The van der Waals surface area contributed by atoms with Gasteiger partial charge in [-0.3, -0.25) is 14.9 Å². The zero-order valence-corrected chi connectivity index (χ0v) is 14.4. The number of carbonyl (C=O) groups is 2. The fourth-order valence-corrected chi connectivity index (χ4v) is 2.86. The second-order valence-corrected chi connectivity index (χ2v) is 6.84. The van der Waals surface area contributed by atoms with Crippen LogP contribution in [-0.4, -0.2) is 35.6 Å². The summed E-state index contributed by atoms with van der Waals surface area (Å²) in [4.78, 5) is 27.9. The zero-order valence-electron chi connectivity index (χ0n) is 14.4. The van der Waals surface area contributed by atoms with Crippen molar-refractivity contribution in [1.82, 2.24) is 20.9 Å².